The number of rotatable bonds is 7. The fourth-order valence-electron chi connectivity index (χ4n) is 0.994. The van der Waals surface area contributed by atoms with Crippen LogP contribution in [0.2, 0.25) is 0 Å². The van der Waals surface area contributed by atoms with E-state index in [0.29, 0.717) is 11.3 Å². The van der Waals surface area contributed by atoms with E-state index in [1.807, 2.05) is 0 Å². The van der Waals surface area contributed by atoms with Crippen LogP contribution < -0.4 is 14.8 Å². The van der Waals surface area contributed by atoms with Gasteiger partial charge in [-0.3, -0.25) is 4.79 Å². The van der Waals surface area contributed by atoms with Gasteiger partial charge in [-0.2, -0.15) is 0 Å². The molecule has 0 aromatic carbocycles. The van der Waals surface area contributed by atoms with Gasteiger partial charge in [-0.25, -0.2) is 26.3 Å². The van der Waals surface area contributed by atoms with Crippen molar-refractivity contribution in [1.29, 1.82) is 0 Å². The highest BCUT2D eigenvalue weighted by atomic mass is 32.2. The minimum atomic E-state index is -3.95. The number of anilines is 1. The Morgan fingerprint density at radius 2 is 1.90 bits per heavy atom. The lowest BCUT2D eigenvalue weighted by Crippen LogP contribution is -2.32. The van der Waals surface area contributed by atoms with Crippen LogP contribution in [0.5, 0.6) is 0 Å². The van der Waals surface area contributed by atoms with Gasteiger partial charge in [0, 0.05) is 13.5 Å². The number of nitrogens with one attached hydrogen (secondary N) is 3. The fourth-order valence-corrected chi connectivity index (χ4v) is 3.72. The highest BCUT2D eigenvalue weighted by molar-refractivity contribution is 7.91. The summed E-state index contributed by atoms with van der Waals surface area (Å²) in [6, 6.07) is 0. The molecule has 114 valence electrons. The molecule has 0 fully saturated rings. The first-order valence-electron chi connectivity index (χ1n) is 5.18. The zero-order valence-electron chi connectivity index (χ0n) is 10.6. The SMILES string of the molecule is CNS(=O)(=O)CCNS(=O)(=O)c1nnc(NC(C)=O)s1. The predicted octanol–water partition coefficient (Wildman–Crippen LogP) is -1.68. The molecule has 1 aromatic heterocycles. The molecule has 0 atom stereocenters. The van der Waals surface area contributed by atoms with Gasteiger partial charge < -0.3 is 5.32 Å². The van der Waals surface area contributed by atoms with Crippen molar-refractivity contribution in [3.63, 3.8) is 0 Å². The third-order valence-corrected chi connectivity index (χ3v) is 5.92. The van der Waals surface area contributed by atoms with Gasteiger partial charge in [0.2, 0.25) is 25.4 Å². The Balaban J connectivity index is 2.69. The third kappa shape index (κ3) is 5.09. The summed E-state index contributed by atoms with van der Waals surface area (Å²) in [5.74, 6) is -0.807. The number of carbonyl (C=O) groups excluding carboxylic acids is 1. The maximum atomic E-state index is 11.8. The van der Waals surface area contributed by atoms with E-state index < -0.39 is 31.7 Å². The molecule has 0 radical (unpaired) electrons. The second-order valence-electron chi connectivity index (χ2n) is 3.48. The third-order valence-electron chi connectivity index (χ3n) is 1.89. The lowest BCUT2D eigenvalue weighted by Gasteiger charge is -2.03. The van der Waals surface area contributed by atoms with Crippen molar-refractivity contribution in [3.8, 4) is 0 Å². The standard InChI is InChI=1S/C7H13N5O5S3/c1-5(13)10-6-11-12-7(18-6)20(16,17)9-3-4-19(14,15)8-2/h8-9H,3-4H2,1-2H3,(H,10,11,13). The average Bonchev–Trinajstić information content (AvgIpc) is 2.77. The molecule has 0 aliphatic heterocycles. The summed E-state index contributed by atoms with van der Waals surface area (Å²) in [5.41, 5.74) is 0. The van der Waals surface area contributed by atoms with E-state index in [0.717, 1.165) is 0 Å². The molecule has 1 amide bonds. The van der Waals surface area contributed by atoms with Crippen molar-refractivity contribution in [3.05, 3.63) is 0 Å². The van der Waals surface area contributed by atoms with E-state index in [-0.39, 0.29) is 16.0 Å². The van der Waals surface area contributed by atoms with Gasteiger partial charge in [-0.05, 0) is 7.05 Å². The Hall–Kier alpha value is -1.15. The van der Waals surface area contributed by atoms with Crippen LogP contribution in [-0.4, -0.2) is 52.3 Å². The number of aromatic nitrogens is 2. The first kappa shape index (κ1) is 16.9. The Labute approximate surface area is 120 Å². The molecule has 1 rings (SSSR count). The average molecular weight is 343 g/mol. The molecule has 0 spiro atoms. The summed E-state index contributed by atoms with van der Waals surface area (Å²) >= 11 is 0.662. The van der Waals surface area contributed by atoms with Crippen molar-refractivity contribution in [2.24, 2.45) is 0 Å². The van der Waals surface area contributed by atoms with E-state index in [2.05, 4.69) is 25.0 Å². The predicted molar refractivity (Wildman–Crippen MR) is 72.2 cm³/mol. The van der Waals surface area contributed by atoms with E-state index in [1.54, 1.807) is 0 Å². The quantitative estimate of drug-likeness (QED) is 0.501. The number of hydrogen-bond acceptors (Lipinski definition) is 8. The topological polar surface area (TPSA) is 147 Å². The zero-order valence-corrected chi connectivity index (χ0v) is 13.0. The van der Waals surface area contributed by atoms with E-state index >= 15 is 0 Å². The van der Waals surface area contributed by atoms with Gasteiger partial charge in [0.15, 0.2) is 0 Å². The van der Waals surface area contributed by atoms with E-state index in [1.165, 1.54) is 14.0 Å². The number of amides is 1. The van der Waals surface area contributed by atoms with Crippen LogP contribution in [0.4, 0.5) is 5.13 Å². The molecular formula is C7H13N5O5S3. The van der Waals surface area contributed by atoms with Crippen LogP contribution in [0.25, 0.3) is 0 Å². The first-order chi connectivity index (χ1) is 9.16. The zero-order chi connectivity index (χ0) is 15.4. The Bertz CT molecular complexity index is 679. The minimum absolute atomic E-state index is 0.0423. The molecule has 0 bridgehead atoms. The summed E-state index contributed by atoms with van der Waals surface area (Å²) in [4.78, 5) is 10.8. The smallest absolute Gasteiger partial charge is 0.269 e. The van der Waals surface area contributed by atoms with Crippen molar-refractivity contribution < 1.29 is 21.6 Å². The molecule has 1 heterocycles. The lowest BCUT2D eigenvalue weighted by molar-refractivity contribution is -0.114. The molecule has 0 unspecified atom stereocenters. The van der Waals surface area contributed by atoms with Crippen molar-refractivity contribution in [1.82, 2.24) is 19.6 Å². The summed E-state index contributed by atoms with van der Waals surface area (Å²) in [5, 5.41) is 9.23. The van der Waals surface area contributed by atoms with E-state index in [4.69, 9.17) is 0 Å². The monoisotopic (exact) mass is 343 g/mol. The number of nitrogens with zero attached hydrogens (tertiary/aromatic N) is 2. The second-order valence-corrected chi connectivity index (χ2v) is 8.44. The van der Waals surface area contributed by atoms with Crippen molar-refractivity contribution >= 4 is 42.4 Å². The van der Waals surface area contributed by atoms with E-state index in [9.17, 15) is 21.6 Å². The largest absolute Gasteiger partial charge is 0.301 e. The van der Waals surface area contributed by atoms with Gasteiger partial charge in [0.1, 0.15) is 0 Å². The molecule has 0 saturated heterocycles. The Morgan fingerprint density at radius 1 is 1.25 bits per heavy atom. The van der Waals surface area contributed by atoms with Gasteiger partial charge >= 0.3 is 0 Å². The Morgan fingerprint density at radius 3 is 2.45 bits per heavy atom. The van der Waals surface area contributed by atoms with Gasteiger partial charge in [0.25, 0.3) is 10.0 Å². The van der Waals surface area contributed by atoms with Crippen molar-refractivity contribution in [2.75, 3.05) is 24.7 Å². The summed E-state index contributed by atoms with van der Waals surface area (Å²) in [6.07, 6.45) is 0. The van der Waals surface area contributed by atoms with Crippen LogP contribution in [0.3, 0.4) is 0 Å². The molecular weight excluding hydrogens is 330 g/mol. The van der Waals surface area contributed by atoms with Crippen LogP contribution >= 0.6 is 11.3 Å². The highest BCUT2D eigenvalue weighted by Gasteiger charge is 2.21. The summed E-state index contributed by atoms with van der Waals surface area (Å²) in [6.45, 7) is 0.941. The maximum Gasteiger partial charge on any atom is 0.269 e. The fraction of sp³-hybridized carbons (Fsp3) is 0.571. The normalized spacial score (nSPS) is 12.3. The molecule has 1 aromatic rings. The van der Waals surface area contributed by atoms with Crippen molar-refractivity contribution in [2.45, 2.75) is 11.3 Å². The van der Waals surface area contributed by atoms with Crippen LogP contribution in [0, 0.1) is 0 Å². The molecule has 13 heteroatoms. The maximum absolute atomic E-state index is 11.8. The molecule has 0 saturated carbocycles. The molecule has 20 heavy (non-hydrogen) atoms. The summed E-state index contributed by atoms with van der Waals surface area (Å²) < 4.78 is 49.6. The van der Waals surface area contributed by atoms with Crippen LogP contribution in [0.15, 0.2) is 4.34 Å². The number of sulfonamides is 2. The van der Waals surface area contributed by atoms with Gasteiger partial charge in [-0.1, -0.05) is 11.3 Å². The molecule has 10 nitrogen and oxygen atoms in total. The minimum Gasteiger partial charge on any atom is -0.301 e. The second kappa shape index (κ2) is 6.53. The highest BCUT2D eigenvalue weighted by Crippen LogP contribution is 2.19. The summed E-state index contributed by atoms with van der Waals surface area (Å²) in [7, 11) is -6.23. The number of hydrogen-bond donors (Lipinski definition) is 3. The van der Waals surface area contributed by atoms with Crippen LogP contribution in [-0.2, 0) is 24.8 Å². The lowest BCUT2D eigenvalue weighted by atomic mass is 10.7. The first-order valence-corrected chi connectivity index (χ1v) is 9.13. The Kier molecular flexibility index (Phi) is 5.52. The van der Waals surface area contributed by atoms with Crippen LogP contribution in [0.1, 0.15) is 6.92 Å². The molecule has 0 aliphatic carbocycles. The number of carbonyl (C=O) groups is 1. The molecule has 3 N–H and O–H groups in total. The van der Waals surface area contributed by atoms with Gasteiger partial charge in [-0.15, -0.1) is 10.2 Å². The van der Waals surface area contributed by atoms with Gasteiger partial charge in [0.05, 0.1) is 5.75 Å². The molecule has 0 aliphatic rings.